The lowest BCUT2D eigenvalue weighted by Crippen LogP contribution is -2.06. The van der Waals surface area contributed by atoms with E-state index in [4.69, 9.17) is 5.26 Å². The summed E-state index contributed by atoms with van der Waals surface area (Å²) in [7, 11) is 1.54. The smallest absolute Gasteiger partial charge is 0.250 e. The second kappa shape index (κ2) is 3.87. The summed E-state index contributed by atoms with van der Waals surface area (Å²) in [6.45, 7) is 1.61. The Hall–Kier alpha value is -2.30. The molecule has 0 saturated heterocycles. The first-order valence-corrected chi connectivity index (χ1v) is 4.90. The van der Waals surface area contributed by atoms with Crippen molar-refractivity contribution in [1.82, 2.24) is 19.6 Å². The predicted octanol–water partition coefficient (Wildman–Crippen LogP) is 1.80. The molecular weight excluding hydrogens is 247 g/mol. The molecule has 0 saturated carbocycles. The molecule has 0 spiro atoms. The molecule has 0 aliphatic carbocycles. The number of rotatable bonds is 1. The van der Waals surface area contributed by atoms with Crippen LogP contribution in [0.5, 0.6) is 0 Å². The van der Waals surface area contributed by atoms with Crippen LogP contribution in [0, 0.1) is 18.3 Å². The molecule has 2 rings (SSSR count). The van der Waals surface area contributed by atoms with Crippen LogP contribution in [0.25, 0.3) is 5.82 Å². The summed E-state index contributed by atoms with van der Waals surface area (Å²) in [5, 5.41) is 16.6. The Kier molecular flexibility index (Phi) is 2.62. The van der Waals surface area contributed by atoms with Gasteiger partial charge in [-0.25, -0.2) is 9.36 Å². The van der Waals surface area contributed by atoms with E-state index in [1.54, 1.807) is 6.92 Å². The summed E-state index contributed by atoms with van der Waals surface area (Å²) in [4.78, 5) is 0. The number of hydrogen-bond acceptors (Lipinski definition) is 3. The Bertz CT molecular complexity index is 629. The molecule has 0 amide bonds. The molecule has 0 aliphatic heterocycles. The predicted molar refractivity (Wildman–Crippen MR) is 54.8 cm³/mol. The highest BCUT2D eigenvalue weighted by atomic mass is 19.4. The van der Waals surface area contributed by atoms with Gasteiger partial charge in [-0.3, -0.25) is 0 Å². The molecular formula is C10H8F3N5. The standard InChI is InChI=1S/C10H8F3N5/c1-6-8(3-14)9(17(2)16-6)18-5-7(4-15-18)10(11,12)13/h4-5H,1-2H3. The van der Waals surface area contributed by atoms with E-state index in [0.29, 0.717) is 11.9 Å². The molecule has 0 N–H and O–H groups in total. The molecule has 2 aromatic heterocycles. The fourth-order valence-corrected chi connectivity index (χ4v) is 1.62. The van der Waals surface area contributed by atoms with E-state index in [-0.39, 0.29) is 11.4 Å². The molecule has 0 bridgehead atoms. The average Bonchev–Trinajstić information content (AvgIpc) is 2.81. The molecule has 2 heterocycles. The van der Waals surface area contributed by atoms with Crippen molar-refractivity contribution in [2.75, 3.05) is 0 Å². The molecule has 18 heavy (non-hydrogen) atoms. The first kappa shape index (κ1) is 12.2. The molecule has 0 radical (unpaired) electrons. The summed E-state index contributed by atoms with van der Waals surface area (Å²) in [6, 6.07) is 1.91. The molecule has 0 aromatic carbocycles. The minimum Gasteiger partial charge on any atom is -0.250 e. The van der Waals surface area contributed by atoms with Gasteiger partial charge in [0.15, 0.2) is 5.82 Å². The first-order chi connectivity index (χ1) is 8.34. The Morgan fingerprint density at radius 1 is 1.39 bits per heavy atom. The molecule has 0 aliphatic rings. The largest absolute Gasteiger partial charge is 0.419 e. The van der Waals surface area contributed by atoms with Crippen LogP contribution in [0.15, 0.2) is 12.4 Å². The topological polar surface area (TPSA) is 59.4 Å². The summed E-state index contributed by atoms with van der Waals surface area (Å²) in [6.07, 6.45) is -2.92. The van der Waals surface area contributed by atoms with E-state index < -0.39 is 11.7 Å². The van der Waals surface area contributed by atoms with Gasteiger partial charge < -0.3 is 0 Å². The average molecular weight is 255 g/mol. The van der Waals surface area contributed by atoms with Crippen LogP contribution >= 0.6 is 0 Å². The molecule has 94 valence electrons. The van der Waals surface area contributed by atoms with Crippen molar-refractivity contribution in [2.45, 2.75) is 13.1 Å². The zero-order valence-corrected chi connectivity index (χ0v) is 9.52. The Morgan fingerprint density at radius 3 is 2.56 bits per heavy atom. The maximum Gasteiger partial charge on any atom is 0.419 e. The third kappa shape index (κ3) is 1.84. The van der Waals surface area contributed by atoms with Crippen molar-refractivity contribution in [3.63, 3.8) is 0 Å². The first-order valence-electron chi connectivity index (χ1n) is 4.90. The van der Waals surface area contributed by atoms with Gasteiger partial charge in [0.2, 0.25) is 0 Å². The molecule has 5 nitrogen and oxygen atoms in total. The molecule has 0 fully saturated rings. The lowest BCUT2D eigenvalue weighted by molar-refractivity contribution is -0.137. The molecule has 0 atom stereocenters. The van der Waals surface area contributed by atoms with Crippen LogP contribution < -0.4 is 0 Å². The van der Waals surface area contributed by atoms with Gasteiger partial charge in [-0.05, 0) is 6.92 Å². The second-order valence-corrected chi connectivity index (χ2v) is 3.69. The van der Waals surface area contributed by atoms with E-state index in [1.165, 1.54) is 11.7 Å². The summed E-state index contributed by atoms with van der Waals surface area (Å²) < 4.78 is 39.7. The summed E-state index contributed by atoms with van der Waals surface area (Å²) >= 11 is 0. The summed E-state index contributed by atoms with van der Waals surface area (Å²) in [5.41, 5.74) is -0.223. The van der Waals surface area contributed by atoms with E-state index in [9.17, 15) is 13.2 Å². The monoisotopic (exact) mass is 255 g/mol. The van der Waals surface area contributed by atoms with Gasteiger partial charge in [0, 0.05) is 13.2 Å². The third-order valence-corrected chi connectivity index (χ3v) is 2.43. The highest BCUT2D eigenvalue weighted by Gasteiger charge is 2.32. The van der Waals surface area contributed by atoms with Crippen molar-refractivity contribution < 1.29 is 13.2 Å². The molecule has 8 heteroatoms. The zero-order chi connectivity index (χ0) is 13.5. The van der Waals surface area contributed by atoms with Gasteiger partial charge in [-0.2, -0.15) is 28.6 Å². The number of nitrogens with zero attached hydrogens (tertiary/aromatic N) is 5. The van der Waals surface area contributed by atoms with E-state index in [1.807, 2.05) is 6.07 Å². The van der Waals surface area contributed by atoms with Crippen molar-refractivity contribution >= 4 is 0 Å². The molecule has 2 aromatic rings. The third-order valence-electron chi connectivity index (χ3n) is 2.43. The second-order valence-electron chi connectivity index (χ2n) is 3.69. The van der Waals surface area contributed by atoms with E-state index in [2.05, 4.69) is 10.2 Å². The number of nitriles is 1. The van der Waals surface area contributed by atoms with Gasteiger partial charge in [0.05, 0.1) is 17.5 Å². The number of halogens is 3. The SMILES string of the molecule is Cc1nn(C)c(-n2cc(C(F)(F)F)cn2)c1C#N. The minimum absolute atomic E-state index is 0.203. The van der Waals surface area contributed by atoms with Gasteiger partial charge in [-0.1, -0.05) is 0 Å². The lowest BCUT2D eigenvalue weighted by Gasteiger charge is -2.03. The van der Waals surface area contributed by atoms with Crippen molar-refractivity contribution in [1.29, 1.82) is 5.26 Å². The van der Waals surface area contributed by atoms with Crippen LogP contribution in [0.3, 0.4) is 0 Å². The van der Waals surface area contributed by atoms with E-state index in [0.717, 1.165) is 10.9 Å². The zero-order valence-electron chi connectivity index (χ0n) is 9.52. The number of hydrogen-bond donors (Lipinski definition) is 0. The van der Waals surface area contributed by atoms with Crippen LogP contribution in [0.1, 0.15) is 16.8 Å². The summed E-state index contributed by atoms with van der Waals surface area (Å²) in [5.74, 6) is 0.213. The maximum atomic E-state index is 12.5. The fraction of sp³-hybridized carbons (Fsp3) is 0.300. The van der Waals surface area contributed by atoms with Gasteiger partial charge in [-0.15, -0.1) is 0 Å². The maximum absolute atomic E-state index is 12.5. The van der Waals surface area contributed by atoms with Crippen molar-refractivity contribution in [3.8, 4) is 11.9 Å². The number of alkyl halides is 3. The number of aromatic nitrogens is 4. The van der Waals surface area contributed by atoms with Crippen molar-refractivity contribution in [3.05, 3.63) is 29.2 Å². The highest BCUT2D eigenvalue weighted by Crippen LogP contribution is 2.29. The van der Waals surface area contributed by atoms with Crippen LogP contribution in [-0.4, -0.2) is 19.6 Å². The Labute approximate surface area is 100 Å². The van der Waals surface area contributed by atoms with Gasteiger partial charge in [0.1, 0.15) is 11.6 Å². The number of aryl methyl sites for hydroxylation is 2. The van der Waals surface area contributed by atoms with Crippen LogP contribution in [0.2, 0.25) is 0 Å². The van der Waals surface area contributed by atoms with Gasteiger partial charge >= 0.3 is 6.18 Å². The fourth-order valence-electron chi connectivity index (χ4n) is 1.62. The van der Waals surface area contributed by atoms with Crippen LogP contribution in [0.4, 0.5) is 13.2 Å². The quantitative estimate of drug-likeness (QED) is 0.780. The highest BCUT2D eigenvalue weighted by molar-refractivity contribution is 5.47. The Balaban J connectivity index is 2.57. The molecule has 0 unspecified atom stereocenters. The Morgan fingerprint density at radius 2 is 2.06 bits per heavy atom. The minimum atomic E-state index is -4.46. The van der Waals surface area contributed by atoms with E-state index >= 15 is 0 Å². The normalized spacial score (nSPS) is 11.6. The van der Waals surface area contributed by atoms with Crippen molar-refractivity contribution in [2.24, 2.45) is 7.05 Å². The van der Waals surface area contributed by atoms with Gasteiger partial charge in [0.25, 0.3) is 0 Å². The van der Waals surface area contributed by atoms with Crippen LogP contribution in [-0.2, 0) is 13.2 Å². The lowest BCUT2D eigenvalue weighted by atomic mass is 10.2.